The van der Waals surface area contributed by atoms with E-state index in [4.69, 9.17) is 0 Å². The minimum Gasteiger partial charge on any atom is -0.314 e. The van der Waals surface area contributed by atoms with Gasteiger partial charge in [-0.05, 0) is 45.6 Å². The number of allylic oxidation sites excluding steroid dienone is 1. The third-order valence-corrected chi connectivity index (χ3v) is 2.68. The van der Waals surface area contributed by atoms with E-state index in [-0.39, 0.29) is 6.42 Å². The highest BCUT2D eigenvalue weighted by Gasteiger charge is 2.25. The van der Waals surface area contributed by atoms with Gasteiger partial charge in [0, 0.05) is 12.5 Å². The zero-order valence-corrected chi connectivity index (χ0v) is 9.74. The minimum atomic E-state index is -4.01. The molecule has 1 rings (SSSR count). The van der Waals surface area contributed by atoms with Gasteiger partial charge >= 0.3 is 6.18 Å². The number of nitrogens with one attached hydrogen (secondary N) is 1. The van der Waals surface area contributed by atoms with Crippen molar-refractivity contribution in [1.29, 1.82) is 0 Å². The van der Waals surface area contributed by atoms with Gasteiger partial charge in [0.05, 0.1) is 0 Å². The van der Waals surface area contributed by atoms with Crippen LogP contribution >= 0.6 is 0 Å². The summed E-state index contributed by atoms with van der Waals surface area (Å²) >= 11 is 0. The fourth-order valence-corrected chi connectivity index (χ4v) is 1.56. The van der Waals surface area contributed by atoms with E-state index in [0.717, 1.165) is 18.5 Å². The normalized spacial score (nSPS) is 17.9. The van der Waals surface area contributed by atoms with E-state index in [1.807, 2.05) is 13.0 Å². The van der Waals surface area contributed by atoms with Crippen LogP contribution in [0.2, 0.25) is 0 Å². The molecule has 1 aliphatic carbocycles. The number of halogens is 3. The Morgan fingerprint density at radius 1 is 1.38 bits per heavy atom. The largest absolute Gasteiger partial charge is 0.389 e. The maximum Gasteiger partial charge on any atom is 0.389 e. The molecule has 0 aromatic carbocycles. The van der Waals surface area contributed by atoms with E-state index in [9.17, 15) is 13.2 Å². The van der Waals surface area contributed by atoms with Gasteiger partial charge < -0.3 is 5.32 Å². The molecule has 0 aromatic rings. The van der Waals surface area contributed by atoms with E-state index in [1.165, 1.54) is 12.8 Å². The average Bonchev–Trinajstić information content (AvgIpc) is 2.94. The van der Waals surface area contributed by atoms with Crippen molar-refractivity contribution in [3.8, 4) is 0 Å². The molecule has 4 heteroatoms. The first-order valence-corrected chi connectivity index (χ1v) is 5.93. The Morgan fingerprint density at radius 2 is 2.06 bits per heavy atom. The summed E-state index contributed by atoms with van der Waals surface area (Å²) in [5, 5.41) is 3.37. The predicted molar refractivity (Wildman–Crippen MR) is 59.3 cm³/mol. The molecule has 1 fully saturated rings. The van der Waals surface area contributed by atoms with E-state index in [0.29, 0.717) is 12.5 Å². The fourth-order valence-electron chi connectivity index (χ4n) is 1.56. The molecule has 94 valence electrons. The smallest absolute Gasteiger partial charge is 0.314 e. The van der Waals surface area contributed by atoms with Crippen LogP contribution in [0.5, 0.6) is 0 Å². The van der Waals surface area contributed by atoms with Gasteiger partial charge in [0.15, 0.2) is 0 Å². The standard InChI is InChI=1S/C12H20F3N/c1-10(4-2-8-12(13,14)15)5-3-9-16-11-6-7-11/h5,11,16H,2-4,6-9H2,1H3. The van der Waals surface area contributed by atoms with Gasteiger partial charge in [0.2, 0.25) is 0 Å². The van der Waals surface area contributed by atoms with Crippen molar-refractivity contribution in [2.75, 3.05) is 6.54 Å². The maximum absolute atomic E-state index is 11.9. The van der Waals surface area contributed by atoms with Gasteiger partial charge in [-0.3, -0.25) is 0 Å². The van der Waals surface area contributed by atoms with Crippen molar-refractivity contribution in [3.05, 3.63) is 11.6 Å². The second-order valence-electron chi connectivity index (χ2n) is 4.54. The molecule has 0 saturated heterocycles. The molecule has 0 atom stereocenters. The van der Waals surface area contributed by atoms with Gasteiger partial charge in [-0.2, -0.15) is 13.2 Å². The van der Waals surface area contributed by atoms with Crippen molar-refractivity contribution < 1.29 is 13.2 Å². The van der Waals surface area contributed by atoms with Gasteiger partial charge in [0.1, 0.15) is 0 Å². The van der Waals surface area contributed by atoms with Crippen LogP contribution in [-0.4, -0.2) is 18.8 Å². The van der Waals surface area contributed by atoms with Crippen molar-refractivity contribution >= 4 is 0 Å². The van der Waals surface area contributed by atoms with E-state index >= 15 is 0 Å². The zero-order valence-electron chi connectivity index (χ0n) is 9.74. The molecule has 0 aliphatic heterocycles. The van der Waals surface area contributed by atoms with Crippen LogP contribution < -0.4 is 5.32 Å². The summed E-state index contributed by atoms with van der Waals surface area (Å²) in [5.41, 5.74) is 1.07. The molecule has 0 bridgehead atoms. The van der Waals surface area contributed by atoms with Crippen molar-refractivity contribution in [1.82, 2.24) is 5.32 Å². The summed E-state index contributed by atoms with van der Waals surface area (Å²) in [6.07, 6.45) is 1.61. The summed E-state index contributed by atoms with van der Waals surface area (Å²) in [6.45, 7) is 2.86. The van der Waals surface area contributed by atoms with E-state index in [1.54, 1.807) is 0 Å². The summed E-state index contributed by atoms with van der Waals surface area (Å²) in [5.74, 6) is 0. The van der Waals surface area contributed by atoms with Crippen LogP contribution in [0.15, 0.2) is 11.6 Å². The highest BCUT2D eigenvalue weighted by Crippen LogP contribution is 2.23. The summed E-state index contributed by atoms with van der Waals surface area (Å²) in [7, 11) is 0. The van der Waals surface area contributed by atoms with Crippen molar-refractivity contribution in [2.24, 2.45) is 0 Å². The minimum absolute atomic E-state index is 0.210. The molecule has 1 nitrogen and oxygen atoms in total. The Balaban J connectivity index is 1.99. The third kappa shape index (κ3) is 7.74. The molecule has 1 N–H and O–H groups in total. The Labute approximate surface area is 95.1 Å². The average molecular weight is 235 g/mol. The van der Waals surface area contributed by atoms with E-state index in [2.05, 4.69) is 5.32 Å². The molecule has 1 aliphatic rings. The monoisotopic (exact) mass is 235 g/mol. The van der Waals surface area contributed by atoms with Crippen LogP contribution in [0.3, 0.4) is 0 Å². The first kappa shape index (κ1) is 13.6. The number of rotatable bonds is 7. The van der Waals surface area contributed by atoms with Gasteiger partial charge in [0.25, 0.3) is 0 Å². The van der Waals surface area contributed by atoms with Crippen molar-refractivity contribution in [3.63, 3.8) is 0 Å². The number of hydrogen-bond donors (Lipinski definition) is 1. The van der Waals surface area contributed by atoms with Gasteiger partial charge in [-0.15, -0.1) is 0 Å². The second kappa shape index (κ2) is 6.28. The first-order chi connectivity index (χ1) is 7.47. The topological polar surface area (TPSA) is 12.0 Å². The first-order valence-electron chi connectivity index (χ1n) is 5.93. The van der Waals surface area contributed by atoms with Crippen LogP contribution in [-0.2, 0) is 0 Å². The van der Waals surface area contributed by atoms with Crippen LogP contribution in [0, 0.1) is 0 Å². The van der Waals surface area contributed by atoms with Gasteiger partial charge in [-0.25, -0.2) is 0 Å². The van der Waals surface area contributed by atoms with Crippen LogP contribution in [0.25, 0.3) is 0 Å². The Hall–Kier alpha value is -0.510. The lowest BCUT2D eigenvalue weighted by Crippen LogP contribution is -2.16. The molecular formula is C12H20F3N. The maximum atomic E-state index is 11.9. The molecule has 16 heavy (non-hydrogen) atoms. The predicted octanol–water partition coefficient (Wildman–Crippen LogP) is 3.81. The number of alkyl halides is 3. The highest BCUT2D eigenvalue weighted by atomic mass is 19.4. The molecule has 0 radical (unpaired) electrons. The zero-order chi connectivity index (χ0) is 12.0. The van der Waals surface area contributed by atoms with Crippen LogP contribution in [0.1, 0.15) is 45.4 Å². The Kier molecular flexibility index (Phi) is 5.32. The summed E-state index contributed by atoms with van der Waals surface area (Å²) < 4.78 is 35.6. The summed E-state index contributed by atoms with van der Waals surface area (Å²) in [6, 6.07) is 0.707. The lowest BCUT2D eigenvalue weighted by Gasteiger charge is -2.06. The molecule has 0 amide bonds. The lowest BCUT2D eigenvalue weighted by molar-refractivity contribution is -0.135. The molecule has 0 spiro atoms. The molecule has 0 unspecified atom stereocenters. The van der Waals surface area contributed by atoms with Gasteiger partial charge in [-0.1, -0.05) is 11.6 Å². The molecule has 1 saturated carbocycles. The molecular weight excluding hydrogens is 215 g/mol. The Bertz CT molecular complexity index is 229. The molecule has 0 aromatic heterocycles. The van der Waals surface area contributed by atoms with Crippen molar-refractivity contribution in [2.45, 2.75) is 57.7 Å². The molecule has 0 heterocycles. The lowest BCUT2D eigenvalue weighted by atomic mass is 10.1. The number of hydrogen-bond acceptors (Lipinski definition) is 1. The van der Waals surface area contributed by atoms with Crippen LogP contribution in [0.4, 0.5) is 13.2 Å². The third-order valence-electron chi connectivity index (χ3n) is 2.68. The second-order valence-corrected chi connectivity index (χ2v) is 4.54. The quantitative estimate of drug-likeness (QED) is 0.522. The fraction of sp³-hybridized carbons (Fsp3) is 0.833. The SMILES string of the molecule is CC(=CCCNC1CC1)CCCC(F)(F)F. The highest BCUT2D eigenvalue weighted by molar-refractivity contribution is 4.98. The summed E-state index contributed by atoms with van der Waals surface area (Å²) in [4.78, 5) is 0. The Morgan fingerprint density at radius 3 is 2.62 bits per heavy atom. The van der Waals surface area contributed by atoms with E-state index < -0.39 is 12.6 Å².